The third kappa shape index (κ3) is 10.2. The number of hydrogen-bond donors (Lipinski definition) is 3. The quantitative estimate of drug-likeness (QED) is 0.578. The maximum atomic E-state index is 9.65. The first kappa shape index (κ1) is 14.9. The molecule has 0 heterocycles. The summed E-state index contributed by atoms with van der Waals surface area (Å²) in [6.45, 7) is 9.14. The van der Waals surface area contributed by atoms with Crippen LogP contribution in [0.3, 0.4) is 0 Å². The summed E-state index contributed by atoms with van der Waals surface area (Å²) in [6, 6.07) is 0.456. The Kier molecular flexibility index (Phi) is 8.02. The number of hydrogen-bond acceptors (Lipinski definition) is 3. The first-order valence-corrected chi connectivity index (χ1v) is 6.01. The van der Waals surface area contributed by atoms with E-state index in [1.807, 2.05) is 0 Å². The number of aliphatic hydroxyl groups is 2. The van der Waals surface area contributed by atoms with E-state index in [0.29, 0.717) is 24.8 Å². The summed E-state index contributed by atoms with van der Waals surface area (Å²) < 4.78 is 0. The molecule has 3 N–H and O–H groups in total. The van der Waals surface area contributed by atoms with Crippen molar-refractivity contribution in [2.24, 2.45) is 5.92 Å². The van der Waals surface area contributed by atoms with E-state index >= 15 is 0 Å². The molecule has 0 saturated carbocycles. The second-order valence-corrected chi connectivity index (χ2v) is 5.07. The van der Waals surface area contributed by atoms with Gasteiger partial charge in [0, 0.05) is 6.04 Å². The van der Waals surface area contributed by atoms with Gasteiger partial charge in [0.15, 0.2) is 0 Å². The standard InChI is InChI=1S/C12H27NO2/c1-9(2)7-12(15)8-11(14)5-6-13-10(3)4/h9-15H,5-8H2,1-4H3/t11-,12+/m0/s1. The van der Waals surface area contributed by atoms with Gasteiger partial charge in [0.25, 0.3) is 0 Å². The molecule has 0 aromatic rings. The molecule has 3 heteroatoms. The van der Waals surface area contributed by atoms with Crippen molar-refractivity contribution in [1.29, 1.82) is 0 Å². The van der Waals surface area contributed by atoms with Crippen LogP contribution in [0.5, 0.6) is 0 Å². The molecule has 0 aromatic carbocycles. The van der Waals surface area contributed by atoms with E-state index in [-0.39, 0.29) is 12.2 Å². The average Bonchev–Trinajstić information content (AvgIpc) is 2.00. The number of aliphatic hydroxyl groups excluding tert-OH is 2. The van der Waals surface area contributed by atoms with Crippen molar-refractivity contribution in [3.05, 3.63) is 0 Å². The van der Waals surface area contributed by atoms with Crippen molar-refractivity contribution in [3.63, 3.8) is 0 Å². The molecule has 3 nitrogen and oxygen atoms in total. The molecule has 0 aliphatic heterocycles. The van der Waals surface area contributed by atoms with Gasteiger partial charge in [0.2, 0.25) is 0 Å². The van der Waals surface area contributed by atoms with Crippen LogP contribution >= 0.6 is 0 Å². The van der Waals surface area contributed by atoms with Crippen LogP contribution in [0.25, 0.3) is 0 Å². The fraction of sp³-hybridized carbons (Fsp3) is 1.00. The van der Waals surface area contributed by atoms with Gasteiger partial charge in [-0.25, -0.2) is 0 Å². The third-order valence-electron chi connectivity index (χ3n) is 2.32. The predicted octanol–water partition coefficient (Wildman–Crippen LogP) is 1.53. The third-order valence-corrected chi connectivity index (χ3v) is 2.32. The fourth-order valence-corrected chi connectivity index (χ4v) is 1.61. The highest BCUT2D eigenvalue weighted by Crippen LogP contribution is 2.11. The van der Waals surface area contributed by atoms with Crippen molar-refractivity contribution in [3.8, 4) is 0 Å². The van der Waals surface area contributed by atoms with Gasteiger partial charge >= 0.3 is 0 Å². The lowest BCUT2D eigenvalue weighted by Crippen LogP contribution is -2.28. The minimum Gasteiger partial charge on any atom is -0.393 e. The maximum absolute atomic E-state index is 9.65. The Morgan fingerprint density at radius 2 is 1.53 bits per heavy atom. The van der Waals surface area contributed by atoms with Gasteiger partial charge in [-0.15, -0.1) is 0 Å². The summed E-state index contributed by atoms with van der Waals surface area (Å²) in [7, 11) is 0. The molecule has 0 aliphatic carbocycles. The van der Waals surface area contributed by atoms with Crippen LogP contribution in [0.1, 0.15) is 47.0 Å². The largest absolute Gasteiger partial charge is 0.393 e. The zero-order chi connectivity index (χ0) is 11.8. The minimum absolute atomic E-state index is 0.362. The van der Waals surface area contributed by atoms with Gasteiger partial charge in [0.05, 0.1) is 12.2 Å². The van der Waals surface area contributed by atoms with Crippen molar-refractivity contribution in [1.82, 2.24) is 5.32 Å². The average molecular weight is 217 g/mol. The maximum Gasteiger partial charge on any atom is 0.0577 e. The van der Waals surface area contributed by atoms with Crippen LogP contribution in [-0.4, -0.2) is 35.0 Å². The van der Waals surface area contributed by atoms with Gasteiger partial charge < -0.3 is 15.5 Å². The molecule has 15 heavy (non-hydrogen) atoms. The molecule has 0 unspecified atom stereocenters. The van der Waals surface area contributed by atoms with E-state index in [0.717, 1.165) is 13.0 Å². The Labute approximate surface area is 93.9 Å². The highest BCUT2D eigenvalue weighted by molar-refractivity contribution is 4.66. The fourth-order valence-electron chi connectivity index (χ4n) is 1.61. The van der Waals surface area contributed by atoms with Crippen LogP contribution in [0.2, 0.25) is 0 Å². The molecule has 0 rings (SSSR count). The van der Waals surface area contributed by atoms with Crippen molar-refractivity contribution in [2.75, 3.05) is 6.54 Å². The first-order valence-electron chi connectivity index (χ1n) is 6.01. The van der Waals surface area contributed by atoms with E-state index in [2.05, 4.69) is 33.0 Å². The van der Waals surface area contributed by atoms with Crippen molar-refractivity contribution < 1.29 is 10.2 Å². The lowest BCUT2D eigenvalue weighted by atomic mass is 10.00. The van der Waals surface area contributed by atoms with E-state index in [9.17, 15) is 10.2 Å². The van der Waals surface area contributed by atoms with Crippen LogP contribution < -0.4 is 5.32 Å². The Morgan fingerprint density at radius 3 is 2.00 bits per heavy atom. The molecule has 0 amide bonds. The number of rotatable bonds is 8. The highest BCUT2D eigenvalue weighted by Gasteiger charge is 2.12. The molecule has 0 spiro atoms. The summed E-state index contributed by atoms with van der Waals surface area (Å²) in [6.07, 6.45) is 1.24. The van der Waals surface area contributed by atoms with Crippen LogP contribution in [0.15, 0.2) is 0 Å². The summed E-state index contributed by atoms with van der Waals surface area (Å²) in [5, 5.41) is 22.5. The summed E-state index contributed by atoms with van der Waals surface area (Å²) in [5.74, 6) is 0.487. The minimum atomic E-state index is -0.384. The van der Waals surface area contributed by atoms with Crippen LogP contribution in [-0.2, 0) is 0 Å². The Balaban J connectivity index is 3.50. The summed E-state index contributed by atoms with van der Waals surface area (Å²) >= 11 is 0. The molecule has 0 radical (unpaired) electrons. The Morgan fingerprint density at radius 1 is 0.933 bits per heavy atom. The second kappa shape index (κ2) is 8.08. The van der Waals surface area contributed by atoms with Crippen molar-refractivity contribution >= 4 is 0 Å². The lowest BCUT2D eigenvalue weighted by Gasteiger charge is -2.18. The predicted molar refractivity (Wildman–Crippen MR) is 63.8 cm³/mol. The smallest absolute Gasteiger partial charge is 0.0577 e. The van der Waals surface area contributed by atoms with Gasteiger partial charge in [0.1, 0.15) is 0 Å². The van der Waals surface area contributed by atoms with Crippen LogP contribution in [0.4, 0.5) is 0 Å². The van der Waals surface area contributed by atoms with Crippen LogP contribution in [0, 0.1) is 5.92 Å². The molecule has 0 aliphatic rings. The number of nitrogens with one attached hydrogen (secondary N) is 1. The Hall–Kier alpha value is -0.120. The molecule has 0 fully saturated rings. The molecular weight excluding hydrogens is 190 g/mol. The zero-order valence-corrected chi connectivity index (χ0v) is 10.5. The molecule has 0 aromatic heterocycles. The van der Waals surface area contributed by atoms with E-state index in [1.165, 1.54) is 0 Å². The normalized spacial score (nSPS) is 16.0. The monoisotopic (exact) mass is 217 g/mol. The molecular formula is C12H27NO2. The van der Waals surface area contributed by atoms with Gasteiger partial charge in [-0.2, -0.15) is 0 Å². The topological polar surface area (TPSA) is 52.5 Å². The van der Waals surface area contributed by atoms with Gasteiger partial charge in [-0.1, -0.05) is 27.7 Å². The zero-order valence-electron chi connectivity index (χ0n) is 10.5. The van der Waals surface area contributed by atoms with E-state index in [1.54, 1.807) is 0 Å². The lowest BCUT2D eigenvalue weighted by molar-refractivity contribution is 0.0641. The molecule has 92 valence electrons. The van der Waals surface area contributed by atoms with Gasteiger partial charge in [-0.05, 0) is 31.7 Å². The summed E-state index contributed by atoms with van der Waals surface area (Å²) in [4.78, 5) is 0. The molecule has 0 bridgehead atoms. The van der Waals surface area contributed by atoms with E-state index in [4.69, 9.17) is 0 Å². The highest BCUT2D eigenvalue weighted by atomic mass is 16.3. The molecule has 2 atom stereocenters. The first-order chi connectivity index (χ1) is 6.91. The SMILES string of the molecule is CC(C)C[C@@H](O)C[C@@H](O)CCNC(C)C. The second-order valence-electron chi connectivity index (χ2n) is 5.07. The van der Waals surface area contributed by atoms with Crippen molar-refractivity contribution in [2.45, 2.75) is 65.2 Å². The van der Waals surface area contributed by atoms with E-state index < -0.39 is 0 Å². The Bertz CT molecular complexity index is 149. The van der Waals surface area contributed by atoms with Gasteiger partial charge in [-0.3, -0.25) is 0 Å². The summed E-state index contributed by atoms with van der Waals surface area (Å²) in [5.41, 5.74) is 0. The molecule has 0 saturated heterocycles.